The van der Waals surface area contributed by atoms with E-state index >= 15 is 0 Å². The van der Waals surface area contributed by atoms with Crippen LogP contribution in [0.2, 0.25) is 0 Å². The molecule has 1 aliphatic rings. The Morgan fingerprint density at radius 3 is 2.61 bits per heavy atom. The van der Waals surface area contributed by atoms with Gasteiger partial charge in [-0.3, -0.25) is 4.98 Å². The van der Waals surface area contributed by atoms with Crippen molar-refractivity contribution < 1.29 is 9.90 Å². The summed E-state index contributed by atoms with van der Waals surface area (Å²) in [4.78, 5) is 15.3. The Bertz CT molecular complexity index is 602. The molecule has 0 radical (unpaired) electrons. The minimum atomic E-state index is -0.895. The third kappa shape index (κ3) is 1.88. The Balaban J connectivity index is 1.97. The van der Waals surface area contributed by atoms with Crippen LogP contribution in [0.3, 0.4) is 0 Å². The largest absolute Gasteiger partial charge is 0.478 e. The highest BCUT2D eigenvalue weighted by Crippen LogP contribution is 2.26. The number of carboxylic acid groups (broad SMARTS) is 1. The van der Waals surface area contributed by atoms with Crippen LogP contribution in [0.15, 0.2) is 36.5 Å². The number of benzene rings is 1. The normalized spacial score (nSPS) is 13.3. The number of aryl methyl sites for hydroxylation is 2. The van der Waals surface area contributed by atoms with Crippen LogP contribution in [0.25, 0.3) is 11.1 Å². The molecule has 0 saturated heterocycles. The van der Waals surface area contributed by atoms with Gasteiger partial charge in [-0.05, 0) is 48.6 Å². The minimum absolute atomic E-state index is 0.313. The van der Waals surface area contributed by atoms with Gasteiger partial charge in [-0.2, -0.15) is 0 Å². The number of hydrogen-bond donors (Lipinski definition) is 1. The average Bonchev–Trinajstić information content (AvgIpc) is 2.86. The van der Waals surface area contributed by atoms with Gasteiger partial charge in [0.2, 0.25) is 0 Å². The van der Waals surface area contributed by atoms with E-state index in [0.717, 1.165) is 24.0 Å². The molecule has 1 aromatic carbocycles. The van der Waals surface area contributed by atoms with Crippen LogP contribution in [-0.4, -0.2) is 16.1 Å². The van der Waals surface area contributed by atoms with Crippen LogP contribution >= 0.6 is 0 Å². The molecule has 90 valence electrons. The summed E-state index contributed by atoms with van der Waals surface area (Å²) >= 11 is 0. The maximum Gasteiger partial charge on any atom is 0.335 e. The fraction of sp³-hybridized carbons (Fsp3) is 0.200. The summed E-state index contributed by atoms with van der Waals surface area (Å²) in [5.41, 5.74) is 4.93. The molecular formula is C15H13NO2. The average molecular weight is 239 g/mol. The molecule has 0 bridgehead atoms. The fourth-order valence-corrected chi connectivity index (χ4v) is 2.39. The van der Waals surface area contributed by atoms with Crippen molar-refractivity contribution in [2.24, 2.45) is 0 Å². The number of rotatable bonds is 2. The number of fused-ring (bicyclic) bond motifs is 1. The zero-order valence-electron chi connectivity index (χ0n) is 9.89. The van der Waals surface area contributed by atoms with Crippen molar-refractivity contribution in [3.63, 3.8) is 0 Å². The lowest BCUT2D eigenvalue weighted by Crippen LogP contribution is -1.95. The van der Waals surface area contributed by atoms with Crippen molar-refractivity contribution in [3.8, 4) is 11.1 Å². The monoisotopic (exact) mass is 239 g/mol. The quantitative estimate of drug-likeness (QED) is 0.876. The van der Waals surface area contributed by atoms with Crippen LogP contribution in [-0.2, 0) is 12.8 Å². The van der Waals surface area contributed by atoms with Crippen LogP contribution in [0.5, 0.6) is 0 Å². The molecule has 2 aromatic rings. The van der Waals surface area contributed by atoms with E-state index in [-0.39, 0.29) is 0 Å². The SMILES string of the molecule is O=C(O)c1ccc(-c2cnc3c(c2)CCC3)cc1. The first kappa shape index (κ1) is 11.0. The maximum absolute atomic E-state index is 10.8. The van der Waals surface area contributed by atoms with Crippen LogP contribution in [0.4, 0.5) is 0 Å². The number of nitrogens with zero attached hydrogens (tertiary/aromatic N) is 1. The molecule has 18 heavy (non-hydrogen) atoms. The lowest BCUT2D eigenvalue weighted by Gasteiger charge is -2.05. The van der Waals surface area contributed by atoms with Crippen LogP contribution in [0.1, 0.15) is 28.0 Å². The predicted molar refractivity (Wildman–Crippen MR) is 68.7 cm³/mol. The second-order valence-corrected chi connectivity index (χ2v) is 4.57. The molecule has 0 fully saturated rings. The standard InChI is InChI=1S/C15H13NO2/c17-15(18)11-6-4-10(5-7-11)13-8-12-2-1-3-14(12)16-9-13/h4-9H,1-3H2,(H,17,18). The van der Waals surface area contributed by atoms with Gasteiger partial charge in [0.1, 0.15) is 0 Å². The highest BCUT2D eigenvalue weighted by atomic mass is 16.4. The first-order valence-corrected chi connectivity index (χ1v) is 6.05. The summed E-state index contributed by atoms with van der Waals surface area (Å²) < 4.78 is 0. The molecule has 0 saturated carbocycles. The van der Waals surface area contributed by atoms with Crippen molar-refractivity contribution in [2.45, 2.75) is 19.3 Å². The van der Waals surface area contributed by atoms with E-state index in [9.17, 15) is 4.79 Å². The number of carboxylic acids is 1. The lowest BCUT2D eigenvalue weighted by atomic mass is 10.0. The van der Waals surface area contributed by atoms with Gasteiger partial charge < -0.3 is 5.11 Å². The Morgan fingerprint density at radius 2 is 1.89 bits per heavy atom. The first-order valence-electron chi connectivity index (χ1n) is 6.05. The zero-order chi connectivity index (χ0) is 12.5. The molecule has 0 aliphatic heterocycles. The van der Waals surface area contributed by atoms with Gasteiger partial charge in [0.15, 0.2) is 0 Å². The van der Waals surface area contributed by atoms with Crippen molar-refractivity contribution in [1.82, 2.24) is 4.98 Å². The van der Waals surface area contributed by atoms with Crippen LogP contribution in [0, 0.1) is 0 Å². The molecule has 1 N–H and O–H groups in total. The Morgan fingerprint density at radius 1 is 1.11 bits per heavy atom. The van der Waals surface area contributed by atoms with Crippen molar-refractivity contribution >= 4 is 5.97 Å². The van der Waals surface area contributed by atoms with E-state index in [4.69, 9.17) is 5.11 Å². The summed E-state index contributed by atoms with van der Waals surface area (Å²) in [5.74, 6) is -0.895. The highest BCUT2D eigenvalue weighted by Gasteiger charge is 2.13. The molecule has 0 amide bonds. The fourth-order valence-electron chi connectivity index (χ4n) is 2.39. The molecule has 0 atom stereocenters. The van der Waals surface area contributed by atoms with E-state index in [1.807, 2.05) is 18.3 Å². The van der Waals surface area contributed by atoms with E-state index in [2.05, 4.69) is 11.1 Å². The van der Waals surface area contributed by atoms with Gasteiger partial charge in [-0.1, -0.05) is 12.1 Å². The van der Waals surface area contributed by atoms with Gasteiger partial charge in [0, 0.05) is 17.5 Å². The zero-order valence-corrected chi connectivity index (χ0v) is 9.89. The van der Waals surface area contributed by atoms with Crippen LogP contribution < -0.4 is 0 Å². The highest BCUT2D eigenvalue weighted by molar-refractivity contribution is 5.88. The van der Waals surface area contributed by atoms with E-state index < -0.39 is 5.97 Å². The van der Waals surface area contributed by atoms with E-state index in [1.54, 1.807) is 12.1 Å². The molecule has 3 rings (SSSR count). The summed E-state index contributed by atoms with van der Waals surface area (Å²) in [6.45, 7) is 0. The third-order valence-electron chi connectivity index (χ3n) is 3.38. The number of aromatic carboxylic acids is 1. The molecule has 0 spiro atoms. The Labute approximate surface area is 105 Å². The number of hydrogen-bond acceptors (Lipinski definition) is 2. The van der Waals surface area contributed by atoms with Gasteiger partial charge in [-0.15, -0.1) is 0 Å². The topological polar surface area (TPSA) is 50.2 Å². The van der Waals surface area contributed by atoms with E-state index in [1.165, 1.54) is 17.7 Å². The van der Waals surface area contributed by atoms with Crippen molar-refractivity contribution in [2.75, 3.05) is 0 Å². The number of aromatic nitrogens is 1. The maximum atomic E-state index is 10.8. The molecule has 1 aromatic heterocycles. The minimum Gasteiger partial charge on any atom is -0.478 e. The first-order chi connectivity index (χ1) is 8.74. The second-order valence-electron chi connectivity index (χ2n) is 4.57. The Hall–Kier alpha value is -2.16. The molecule has 0 unspecified atom stereocenters. The number of pyridine rings is 1. The van der Waals surface area contributed by atoms with E-state index in [0.29, 0.717) is 5.56 Å². The third-order valence-corrected chi connectivity index (χ3v) is 3.38. The smallest absolute Gasteiger partial charge is 0.335 e. The second kappa shape index (κ2) is 4.26. The van der Waals surface area contributed by atoms with Crippen molar-refractivity contribution in [3.05, 3.63) is 53.3 Å². The summed E-state index contributed by atoms with van der Waals surface area (Å²) in [6.07, 6.45) is 5.24. The molecular weight excluding hydrogens is 226 g/mol. The molecule has 3 heteroatoms. The molecule has 1 heterocycles. The van der Waals surface area contributed by atoms with Gasteiger partial charge >= 0.3 is 5.97 Å². The van der Waals surface area contributed by atoms with Gasteiger partial charge in [0.25, 0.3) is 0 Å². The molecule has 1 aliphatic carbocycles. The summed E-state index contributed by atoms with van der Waals surface area (Å²) in [7, 11) is 0. The summed E-state index contributed by atoms with van der Waals surface area (Å²) in [5, 5.41) is 8.86. The lowest BCUT2D eigenvalue weighted by molar-refractivity contribution is 0.0697. The van der Waals surface area contributed by atoms with Gasteiger partial charge in [-0.25, -0.2) is 4.79 Å². The Kier molecular flexibility index (Phi) is 2.59. The van der Waals surface area contributed by atoms with Gasteiger partial charge in [0.05, 0.1) is 5.56 Å². The molecule has 3 nitrogen and oxygen atoms in total. The van der Waals surface area contributed by atoms with Crippen molar-refractivity contribution in [1.29, 1.82) is 0 Å². The predicted octanol–water partition coefficient (Wildman–Crippen LogP) is 2.94. The number of carbonyl (C=O) groups is 1. The summed E-state index contributed by atoms with van der Waals surface area (Å²) in [6, 6.07) is 9.10.